The van der Waals surface area contributed by atoms with E-state index in [2.05, 4.69) is 41.6 Å². The first-order valence-electron chi connectivity index (χ1n) is 6.90. The highest BCUT2D eigenvalue weighted by Gasteiger charge is 2.13. The van der Waals surface area contributed by atoms with Crippen LogP contribution < -0.4 is 5.32 Å². The topological polar surface area (TPSA) is 46.9 Å². The average Bonchev–Trinajstić information content (AvgIpc) is 2.66. The summed E-state index contributed by atoms with van der Waals surface area (Å²) in [5, 5.41) is 7.45. The molecule has 20 heavy (non-hydrogen) atoms. The molecule has 2 aromatic rings. The fraction of sp³-hybridized carbons (Fsp3) is 0.375. The number of amides is 1. The molecule has 0 saturated carbocycles. The van der Waals surface area contributed by atoms with Crippen LogP contribution in [0.25, 0.3) is 0 Å². The third kappa shape index (κ3) is 3.07. The second-order valence-electron chi connectivity index (χ2n) is 5.09. The van der Waals surface area contributed by atoms with Crippen LogP contribution in [-0.2, 0) is 11.3 Å². The molecule has 0 fully saturated rings. The predicted octanol–water partition coefficient (Wildman–Crippen LogP) is 3.21. The van der Waals surface area contributed by atoms with E-state index in [0.29, 0.717) is 6.42 Å². The Kier molecular flexibility index (Phi) is 4.23. The van der Waals surface area contributed by atoms with E-state index in [9.17, 15) is 4.79 Å². The zero-order valence-electron chi connectivity index (χ0n) is 12.5. The Morgan fingerprint density at radius 3 is 2.70 bits per heavy atom. The zero-order chi connectivity index (χ0) is 14.7. The van der Waals surface area contributed by atoms with Crippen molar-refractivity contribution >= 4 is 11.6 Å². The number of hydrogen-bond acceptors (Lipinski definition) is 2. The molecule has 4 heteroatoms. The lowest BCUT2D eigenvalue weighted by atomic mass is 10.1. The SMILES string of the molecule is CCC(=O)Nc1c(C)nn(Cc2cccc(C)c2)c1C. The summed E-state index contributed by atoms with van der Waals surface area (Å²) in [6.07, 6.45) is 0.474. The summed E-state index contributed by atoms with van der Waals surface area (Å²) in [6, 6.07) is 8.38. The Morgan fingerprint density at radius 1 is 1.30 bits per heavy atom. The van der Waals surface area contributed by atoms with Gasteiger partial charge < -0.3 is 5.32 Å². The van der Waals surface area contributed by atoms with Gasteiger partial charge in [0.15, 0.2) is 0 Å². The van der Waals surface area contributed by atoms with Gasteiger partial charge in [-0.2, -0.15) is 5.10 Å². The number of carbonyl (C=O) groups excluding carboxylic acids is 1. The lowest BCUT2D eigenvalue weighted by Gasteiger charge is -2.07. The molecule has 0 radical (unpaired) electrons. The van der Waals surface area contributed by atoms with Gasteiger partial charge in [-0.05, 0) is 26.3 Å². The normalized spacial score (nSPS) is 10.6. The second-order valence-corrected chi connectivity index (χ2v) is 5.09. The quantitative estimate of drug-likeness (QED) is 0.928. The number of hydrogen-bond donors (Lipinski definition) is 1. The minimum absolute atomic E-state index is 0.0197. The van der Waals surface area contributed by atoms with Crippen molar-refractivity contribution in [3.8, 4) is 0 Å². The van der Waals surface area contributed by atoms with Gasteiger partial charge in [0.2, 0.25) is 5.91 Å². The number of aryl methyl sites for hydroxylation is 2. The Hall–Kier alpha value is -2.10. The van der Waals surface area contributed by atoms with Gasteiger partial charge in [-0.1, -0.05) is 36.8 Å². The van der Waals surface area contributed by atoms with E-state index in [-0.39, 0.29) is 5.91 Å². The molecule has 106 valence electrons. The van der Waals surface area contributed by atoms with Crippen molar-refractivity contribution in [3.05, 3.63) is 46.8 Å². The second kappa shape index (κ2) is 5.90. The van der Waals surface area contributed by atoms with Crippen LogP contribution in [0.5, 0.6) is 0 Å². The zero-order valence-corrected chi connectivity index (χ0v) is 12.5. The molecule has 0 bridgehead atoms. The standard InChI is InChI=1S/C16H21N3O/c1-5-15(20)17-16-12(3)18-19(13(16)4)10-14-8-6-7-11(2)9-14/h6-9H,5,10H2,1-4H3,(H,17,20). The van der Waals surface area contributed by atoms with E-state index < -0.39 is 0 Å². The van der Waals surface area contributed by atoms with Gasteiger partial charge in [0.25, 0.3) is 0 Å². The Balaban J connectivity index is 2.25. The summed E-state index contributed by atoms with van der Waals surface area (Å²) in [5.41, 5.74) is 5.14. The van der Waals surface area contributed by atoms with Gasteiger partial charge in [-0.3, -0.25) is 9.48 Å². The summed E-state index contributed by atoms with van der Waals surface area (Å²) in [5.74, 6) is 0.0197. The first-order valence-corrected chi connectivity index (χ1v) is 6.90. The average molecular weight is 271 g/mol. The number of nitrogens with one attached hydrogen (secondary N) is 1. The molecular weight excluding hydrogens is 250 g/mol. The van der Waals surface area contributed by atoms with Gasteiger partial charge in [0.1, 0.15) is 0 Å². The van der Waals surface area contributed by atoms with Crippen LogP contribution >= 0.6 is 0 Å². The first kappa shape index (κ1) is 14.3. The number of benzene rings is 1. The molecule has 0 saturated heterocycles. The van der Waals surface area contributed by atoms with Crippen LogP contribution in [0.3, 0.4) is 0 Å². The molecular formula is C16H21N3O. The molecule has 0 unspecified atom stereocenters. The van der Waals surface area contributed by atoms with Crippen molar-refractivity contribution in [3.63, 3.8) is 0 Å². The molecule has 1 aromatic heterocycles. The highest BCUT2D eigenvalue weighted by Crippen LogP contribution is 2.20. The highest BCUT2D eigenvalue weighted by molar-refractivity contribution is 5.91. The molecule has 1 aromatic carbocycles. The van der Waals surface area contributed by atoms with Crippen molar-refractivity contribution in [1.29, 1.82) is 0 Å². The van der Waals surface area contributed by atoms with E-state index in [1.54, 1.807) is 0 Å². The number of anilines is 1. The third-order valence-corrected chi connectivity index (χ3v) is 3.38. The number of aromatic nitrogens is 2. The molecule has 0 aliphatic carbocycles. The number of carbonyl (C=O) groups is 1. The maximum absolute atomic E-state index is 11.5. The van der Waals surface area contributed by atoms with Gasteiger partial charge in [-0.15, -0.1) is 0 Å². The molecule has 1 N–H and O–H groups in total. The summed E-state index contributed by atoms with van der Waals surface area (Å²) >= 11 is 0. The fourth-order valence-electron chi connectivity index (χ4n) is 2.24. The minimum atomic E-state index is 0.0197. The molecule has 1 heterocycles. The number of rotatable bonds is 4. The maximum Gasteiger partial charge on any atom is 0.224 e. The van der Waals surface area contributed by atoms with Crippen LogP contribution in [0, 0.1) is 20.8 Å². The molecule has 2 rings (SSSR count). The highest BCUT2D eigenvalue weighted by atomic mass is 16.1. The molecule has 0 spiro atoms. The van der Waals surface area contributed by atoms with Gasteiger partial charge in [-0.25, -0.2) is 0 Å². The molecule has 0 aliphatic heterocycles. The Morgan fingerprint density at radius 2 is 2.05 bits per heavy atom. The van der Waals surface area contributed by atoms with Gasteiger partial charge in [0.05, 0.1) is 23.6 Å². The van der Waals surface area contributed by atoms with Gasteiger partial charge >= 0.3 is 0 Å². The largest absolute Gasteiger partial charge is 0.323 e. The summed E-state index contributed by atoms with van der Waals surface area (Å²) in [4.78, 5) is 11.5. The summed E-state index contributed by atoms with van der Waals surface area (Å²) < 4.78 is 1.94. The van der Waals surface area contributed by atoms with Crippen molar-refractivity contribution in [2.24, 2.45) is 0 Å². The Bertz CT molecular complexity index is 629. The monoisotopic (exact) mass is 271 g/mol. The van der Waals surface area contributed by atoms with Crippen LogP contribution in [0.15, 0.2) is 24.3 Å². The third-order valence-electron chi connectivity index (χ3n) is 3.38. The van der Waals surface area contributed by atoms with Crippen LogP contribution in [0.4, 0.5) is 5.69 Å². The number of nitrogens with zero attached hydrogens (tertiary/aromatic N) is 2. The van der Waals surface area contributed by atoms with Crippen LogP contribution in [0.1, 0.15) is 35.9 Å². The summed E-state index contributed by atoms with van der Waals surface area (Å²) in [6.45, 7) is 8.55. The maximum atomic E-state index is 11.5. The van der Waals surface area contributed by atoms with E-state index >= 15 is 0 Å². The van der Waals surface area contributed by atoms with E-state index in [1.165, 1.54) is 11.1 Å². The first-order chi connectivity index (χ1) is 9.51. The predicted molar refractivity (Wildman–Crippen MR) is 80.9 cm³/mol. The molecule has 0 aliphatic rings. The fourth-order valence-corrected chi connectivity index (χ4v) is 2.24. The van der Waals surface area contributed by atoms with Gasteiger partial charge in [0, 0.05) is 6.42 Å². The smallest absolute Gasteiger partial charge is 0.224 e. The van der Waals surface area contributed by atoms with Crippen molar-refractivity contribution in [2.45, 2.75) is 40.7 Å². The minimum Gasteiger partial charge on any atom is -0.323 e. The van der Waals surface area contributed by atoms with Crippen molar-refractivity contribution < 1.29 is 4.79 Å². The lowest BCUT2D eigenvalue weighted by molar-refractivity contribution is -0.115. The van der Waals surface area contributed by atoms with E-state index in [0.717, 1.165) is 23.6 Å². The molecule has 4 nitrogen and oxygen atoms in total. The summed E-state index contributed by atoms with van der Waals surface area (Å²) in [7, 11) is 0. The molecule has 1 amide bonds. The van der Waals surface area contributed by atoms with Crippen LogP contribution in [-0.4, -0.2) is 15.7 Å². The van der Waals surface area contributed by atoms with Crippen molar-refractivity contribution in [1.82, 2.24) is 9.78 Å². The Labute approximate surface area is 119 Å². The van der Waals surface area contributed by atoms with E-state index in [4.69, 9.17) is 0 Å². The van der Waals surface area contributed by atoms with E-state index in [1.807, 2.05) is 25.5 Å². The lowest BCUT2D eigenvalue weighted by Crippen LogP contribution is -2.11. The van der Waals surface area contributed by atoms with Crippen LogP contribution in [0.2, 0.25) is 0 Å². The molecule has 0 atom stereocenters. The van der Waals surface area contributed by atoms with Crippen molar-refractivity contribution in [2.75, 3.05) is 5.32 Å².